The topological polar surface area (TPSA) is 54.0 Å². The van der Waals surface area contributed by atoms with Crippen LogP contribution in [0, 0.1) is 6.92 Å². The van der Waals surface area contributed by atoms with Crippen LogP contribution in [0.5, 0.6) is 0 Å². The van der Waals surface area contributed by atoms with E-state index in [0.29, 0.717) is 17.3 Å². The zero-order valence-electron chi connectivity index (χ0n) is 13.8. The molecule has 5 heteroatoms. The number of carbonyl (C=O) groups excluding carboxylic acids is 1. The van der Waals surface area contributed by atoms with Crippen molar-refractivity contribution < 1.29 is 4.79 Å². The summed E-state index contributed by atoms with van der Waals surface area (Å²) in [6.07, 6.45) is 1.61. The monoisotopic (exact) mass is 351 g/mol. The van der Waals surface area contributed by atoms with Crippen LogP contribution < -0.4 is 10.6 Å². The van der Waals surface area contributed by atoms with Gasteiger partial charge in [0, 0.05) is 29.1 Å². The molecule has 126 valence electrons. The third kappa shape index (κ3) is 4.81. The predicted octanol–water partition coefficient (Wildman–Crippen LogP) is 4.72. The van der Waals surface area contributed by atoms with Crippen LogP contribution in [0.4, 0.5) is 11.4 Å². The third-order valence-electron chi connectivity index (χ3n) is 3.64. The van der Waals surface area contributed by atoms with Gasteiger partial charge in [-0.25, -0.2) is 0 Å². The van der Waals surface area contributed by atoms with E-state index >= 15 is 0 Å². The Morgan fingerprint density at radius 3 is 2.64 bits per heavy atom. The van der Waals surface area contributed by atoms with Gasteiger partial charge in [-0.15, -0.1) is 0 Å². The van der Waals surface area contributed by atoms with Crippen molar-refractivity contribution in [3.63, 3.8) is 0 Å². The molecule has 0 atom stereocenters. The van der Waals surface area contributed by atoms with Gasteiger partial charge >= 0.3 is 0 Å². The van der Waals surface area contributed by atoms with Gasteiger partial charge in [-0.3, -0.25) is 9.78 Å². The van der Waals surface area contributed by atoms with Crippen LogP contribution in [0.3, 0.4) is 0 Å². The Kier molecular flexibility index (Phi) is 5.31. The number of aryl methyl sites for hydroxylation is 1. The zero-order valence-corrected chi connectivity index (χ0v) is 14.5. The first kappa shape index (κ1) is 17.0. The van der Waals surface area contributed by atoms with Gasteiger partial charge in [0.25, 0.3) is 5.91 Å². The lowest BCUT2D eigenvalue weighted by atomic mass is 10.1. The van der Waals surface area contributed by atoms with Crippen LogP contribution in [0.1, 0.15) is 21.6 Å². The van der Waals surface area contributed by atoms with E-state index in [1.165, 1.54) is 0 Å². The summed E-state index contributed by atoms with van der Waals surface area (Å²) in [6.45, 7) is 2.49. The molecule has 0 saturated carbocycles. The maximum Gasteiger partial charge on any atom is 0.270 e. The summed E-state index contributed by atoms with van der Waals surface area (Å²) in [7, 11) is 0. The number of aromatic nitrogens is 1. The highest BCUT2D eigenvalue weighted by molar-refractivity contribution is 6.30. The number of hydrogen-bond donors (Lipinski definition) is 2. The summed E-state index contributed by atoms with van der Waals surface area (Å²) in [5.41, 5.74) is 4.21. The largest absolute Gasteiger partial charge is 0.355 e. The highest BCUT2D eigenvalue weighted by atomic mass is 35.5. The Morgan fingerprint density at radius 1 is 1.04 bits per heavy atom. The van der Waals surface area contributed by atoms with Crippen LogP contribution in [0.2, 0.25) is 5.02 Å². The van der Waals surface area contributed by atoms with Crippen molar-refractivity contribution in [2.24, 2.45) is 0 Å². The molecule has 0 saturated heterocycles. The zero-order chi connectivity index (χ0) is 17.6. The van der Waals surface area contributed by atoms with E-state index in [4.69, 9.17) is 11.6 Å². The van der Waals surface area contributed by atoms with Crippen molar-refractivity contribution in [3.8, 4) is 0 Å². The van der Waals surface area contributed by atoms with E-state index in [1.807, 2.05) is 55.5 Å². The molecule has 0 spiro atoms. The number of rotatable bonds is 5. The number of nitrogens with one attached hydrogen (secondary N) is 2. The molecule has 25 heavy (non-hydrogen) atoms. The molecule has 0 radical (unpaired) electrons. The molecule has 1 aromatic heterocycles. The van der Waals surface area contributed by atoms with E-state index in [0.717, 1.165) is 22.5 Å². The number of hydrogen-bond acceptors (Lipinski definition) is 3. The van der Waals surface area contributed by atoms with Gasteiger partial charge in [-0.1, -0.05) is 47.5 Å². The quantitative estimate of drug-likeness (QED) is 0.699. The smallest absolute Gasteiger partial charge is 0.270 e. The lowest BCUT2D eigenvalue weighted by Gasteiger charge is -2.09. The van der Waals surface area contributed by atoms with Crippen LogP contribution in [-0.2, 0) is 6.54 Å². The molecule has 1 amide bonds. The van der Waals surface area contributed by atoms with Crippen LogP contribution >= 0.6 is 11.6 Å². The first-order valence-electron chi connectivity index (χ1n) is 7.92. The second kappa shape index (κ2) is 7.81. The molecule has 0 aliphatic rings. The Morgan fingerprint density at radius 2 is 1.84 bits per heavy atom. The van der Waals surface area contributed by atoms with Crippen molar-refractivity contribution in [3.05, 3.63) is 88.7 Å². The number of pyridine rings is 1. The van der Waals surface area contributed by atoms with Gasteiger partial charge in [0.2, 0.25) is 0 Å². The highest BCUT2D eigenvalue weighted by Gasteiger charge is 2.08. The minimum Gasteiger partial charge on any atom is -0.355 e. The Balaban J connectivity index is 1.67. The Hall–Kier alpha value is -2.85. The SMILES string of the molecule is Cc1cccc(CNC(=O)c2cc(Nc3cccc(Cl)c3)ccn2)c1. The summed E-state index contributed by atoms with van der Waals surface area (Å²) in [5.74, 6) is -0.212. The molecule has 1 heterocycles. The number of halogens is 1. The second-order valence-corrected chi connectivity index (χ2v) is 6.17. The fraction of sp³-hybridized carbons (Fsp3) is 0.100. The van der Waals surface area contributed by atoms with Crippen molar-refractivity contribution >= 4 is 28.9 Å². The van der Waals surface area contributed by atoms with Crippen molar-refractivity contribution in [1.29, 1.82) is 0 Å². The van der Waals surface area contributed by atoms with E-state index < -0.39 is 0 Å². The first-order valence-corrected chi connectivity index (χ1v) is 8.30. The van der Waals surface area contributed by atoms with Gasteiger partial charge in [-0.05, 0) is 42.8 Å². The fourth-order valence-corrected chi connectivity index (χ4v) is 2.65. The number of benzene rings is 2. The molecule has 2 aromatic carbocycles. The minimum absolute atomic E-state index is 0.212. The van der Waals surface area contributed by atoms with Crippen molar-refractivity contribution in [2.45, 2.75) is 13.5 Å². The molecular weight excluding hydrogens is 334 g/mol. The molecule has 0 bridgehead atoms. The molecular formula is C20H18ClN3O. The highest BCUT2D eigenvalue weighted by Crippen LogP contribution is 2.20. The van der Waals surface area contributed by atoms with E-state index in [2.05, 4.69) is 15.6 Å². The van der Waals surface area contributed by atoms with Gasteiger partial charge in [-0.2, -0.15) is 0 Å². The van der Waals surface area contributed by atoms with Crippen LogP contribution in [0.15, 0.2) is 66.9 Å². The lowest BCUT2D eigenvalue weighted by Crippen LogP contribution is -2.23. The van der Waals surface area contributed by atoms with Crippen LogP contribution in [-0.4, -0.2) is 10.9 Å². The third-order valence-corrected chi connectivity index (χ3v) is 3.88. The van der Waals surface area contributed by atoms with E-state index in [-0.39, 0.29) is 5.91 Å². The molecule has 0 unspecified atom stereocenters. The lowest BCUT2D eigenvalue weighted by molar-refractivity contribution is 0.0946. The van der Waals surface area contributed by atoms with Crippen LogP contribution in [0.25, 0.3) is 0 Å². The Labute approximate surface area is 151 Å². The van der Waals surface area contributed by atoms with Gasteiger partial charge in [0.05, 0.1) is 0 Å². The summed E-state index contributed by atoms with van der Waals surface area (Å²) in [6, 6.07) is 18.9. The summed E-state index contributed by atoms with van der Waals surface area (Å²) in [4.78, 5) is 16.5. The molecule has 3 rings (SSSR count). The van der Waals surface area contributed by atoms with Gasteiger partial charge in [0.15, 0.2) is 0 Å². The minimum atomic E-state index is -0.212. The molecule has 3 aromatic rings. The fourth-order valence-electron chi connectivity index (χ4n) is 2.46. The summed E-state index contributed by atoms with van der Waals surface area (Å²) >= 11 is 5.99. The maximum absolute atomic E-state index is 12.3. The van der Waals surface area contributed by atoms with Crippen molar-refractivity contribution in [1.82, 2.24) is 10.3 Å². The average Bonchev–Trinajstić information content (AvgIpc) is 2.60. The molecule has 0 aliphatic carbocycles. The average molecular weight is 352 g/mol. The molecule has 0 fully saturated rings. The first-order chi connectivity index (χ1) is 12.1. The standard InChI is InChI=1S/C20H18ClN3O/c1-14-4-2-5-15(10-14)13-23-20(25)19-12-18(8-9-22-19)24-17-7-3-6-16(21)11-17/h2-12H,13H2,1H3,(H,22,24)(H,23,25). The number of nitrogens with zero attached hydrogens (tertiary/aromatic N) is 1. The van der Waals surface area contributed by atoms with Gasteiger partial charge in [0.1, 0.15) is 5.69 Å². The predicted molar refractivity (Wildman–Crippen MR) is 101 cm³/mol. The van der Waals surface area contributed by atoms with E-state index in [9.17, 15) is 4.79 Å². The van der Waals surface area contributed by atoms with Crippen molar-refractivity contribution in [2.75, 3.05) is 5.32 Å². The summed E-state index contributed by atoms with van der Waals surface area (Å²) in [5, 5.41) is 6.76. The maximum atomic E-state index is 12.3. The second-order valence-electron chi connectivity index (χ2n) is 5.74. The van der Waals surface area contributed by atoms with E-state index in [1.54, 1.807) is 18.3 Å². The normalized spacial score (nSPS) is 10.3. The number of carbonyl (C=O) groups is 1. The molecule has 0 aliphatic heterocycles. The number of anilines is 2. The molecule has 2 N–H and O–H groups in total. The Bertz CT molecular complexity index is 895. The number of amides is 1. The van der Waals surface area contributed by atoms with Gasteiger partial charge < -0.3 is 10.6 Å². The molecule has 4 nitrogen and oxygen atoms in total. The summed E-state index contributed by atoms with van der Waals surface area (Å²) < 4.78 is 0.